The number of aliphatic hydroxyl groups is 1. The fourth-order valence-corrected chi connectivity index (χ4v) is 2.99. The Bertz CT molecular complexity index is 776. The lowest BCUT2D eigenvalue weighted by Crippen LogP contribution is -2.44. The lowest BCUT2D eigenvalue weighted by Gasteiger charge is -2.29. The van der Waals surface area contributed by atoms with Crippen LogP contribution in [0, 0.1) is 5.92 Å². The minimum atomic E-state index is -4.57. The van der Waals surface area contributed by atoms with Crippen LogP contribution >= 0.6 is 0 Å². The fraction of sp³-hybridized carbons (Fsp3) is 0.316. The molecule has 2 aromatic carbocycles. The third kappa shape index (κ3) is 3.99. The Kier molecular flexibility index (Phi) is 4.91. The molecule has 0 aliphatic heterocycles. The largest absolute Gasteiger partial charge is 0.418 e. The SMILES string of the molecule is O=C(NCC(O)(c1ccccc1)C1CC1)Nc1ccccc1C(F)(F)F. The lowest BCUT2D eigenvalue weighted by atomic mass is 9.89. The molecule has 0 radical (unpaired) electrons. The second-order valence-electron chi connectivity index (χ2n) is 6.42. The molecule has 0 bridgehead atoms. The van der Waals surface area contributed by atoms with E-state index in [1.54, 1.807) is 24.3 Å². The van der Waals surface area contributed by atoms with Gasteiger partial charge in [0.25, 0.3) is 0 Å². The van der Waals surface area contributed by atoms with Crippen molar-refractivity contribution in [1.29, 1.82) is 0 Å². The number of urea groups is 1. The molecular formula is C19H19F3N2O2. The van der Waals surface area contributed by atoms with E-state index in [4.69, 9.17) is 0 Å². The van der Waals surface area contributed by atoms with E-state index in [1.807, 2.05) is 6.07 Å². The van der Waals surface area contributed by atoms with Gasteiger partial charge in [0.1, 0.15) is 5.60 Å². The Balaban J connectivity index is 1.69. The highest BCUT2D eigenvalue weighted by atomic mass is 19.4. The molecule has 138 valence electrons. The summed E-state index contributed by atoms with van der Waals surface area (Å²) in [6.45, 7) is -0.0816. The number of hydrogen-bond acceptors (Lipinski definition) is 2. The van der Waals surface area contributed by atoms with Gasteiger partial charge < -0.3 is 15.7 Å². The Morgan fingerprint density at radius 1 is 1.04 bits per heavy atom. The lowest BCUT2D eigenvalue weighted by molar-refractivity contribution is -0.136. The molecule has 2 aromatic rings. The molecule has 3 rings (SSSR count). The molecule has 3 N–H and O–H groups in total. The van der Waals surface area contributed by atoms with E-state index in [2.05, 4.69) is 10.6 Å². The molecule has 1 aliphatic rings. The highest BCUT2D eigenvalue weighted by molar-refractivity contribution is 5.90. The van der Waals surface area contributed by atoms with Crippen molar-refractivity contribution in [2.24, 2.45) is 5.92 Å². The van der Waals surface area contributed by atoms with Gasteiger partial charge in [-0.05, 0) is 36.5 Å². The Morgan fingerprint density at radius 3 is 2.27 bits per heavy atom. The van der Waals surface area contributed by atoms with Gasteiger partial charge >= 0.3 is 12.2 Å². The summed E-state index contributed by atoms with van der Waals surface area (Å²) in [5.74, 6) is 0.0210. The molecule has 26 heavy (non-hydrogen) atoms. The number of para-hydroxylation sites is 1. The monoisotopic (exact) mass is 364 g/mol. The molecule has 0 spiro atoms. The van der Waals surface area contributed by atoms with Gasteiger partial charge in [-0.2, -0.15) is 13.2 Å². The number of nitrogens with one attached hydrogen (secondary N) is 2. The van der Waals surface area contributed by atoms with Gasteiger partial charge in [0.15, 0.2) is 0 Å². The van der Waals surface area contributed by atoms with E-state index < -0.39 is 23.4 Å². The topological polar surface area (TPSA) is 61.4 Å². The highest BCUT2D eigenvalue weighted by Crippen LogP contribution is 2.45. The summed E-state index contributed by atoms with van der Waals surface area (Å²) in [6, 6.07) is 12.9. The van der Waals surface area contributed by atoms with Crippen molar-refractivity contribution in [3.63, 3.8) is 0 Å². The average molecular weight is 364 g/mol. The van der Waals surface area contributed by atoms with Crippen molar-refractivity contribution < 1.29 is 23.1 Å². The molecule has 1 unspecified atom stereocenters. The van der Waals surface area contributed by atoms with Gasteiger partial charge in [-0.3, -0.25) is 0 Å². The van der Waals surface area contributed by atoms with Crippen LogP contribution in [0.2, 0.25) is 0 Å². The second kappa shape index (κ2) is 6.99. The Morgan fingerprint density at radius 2 is 1.65 bits per heavy atom. The number of amides is 2. The first-order chi connectivity index (χ1) is 12.3. The third-order valence-electron chi connectivity index (χ3n) is 4.53. The van der Waals surface area contributed by atoms with Crippen LogP contribution in [-0.4, -0.2) is 17.7 Å². The number of alkyl halides is 3. The van der Waals surface area contributed by atoms with E-state index in [0.717, 1.165) is 18.9 Å². The van der Waals surface area contributed by atoms with Crippen LogP contribution in [0.15, 0.2) is 54.6 Å². The fourth-order valence-electron chi connectivity index (χ4n) is 2.99. The number of hydrogen-bond donors (Lipinski definition) is 3. The maximum atomic E-state index is 13.0. The zero-order chi connectivity index (χ0) is 18.8. The first kappa shape index (κ1) is 18.3. The first-order valence-electron chi connectivity index (χ1n) is 8.29. The summed E-state index contributed by atoms with van der Waals surface area (Å²) in [4.78, 5) is 12.1. The van der Waals surface area contributed by atoms with Crippen LogP contribution in [-0.2, 0) is 11.8 Å². The summed E-state index contributed by atoms with van der Waals surface area (Å²) in [5, 5.41) is 15.7. The van der Waals surface area contributed by atoms with Crippen LogP contribution in [0.5, 0.6) is 0 Å². The molecule has 1 atom stereocenters. The molecule has 0 heterocycles. The minimum Gasteiger partial charge on any atom is -0.383 e. The first-order valence-corrected chi connectivity index (χ1v) is 8.29. The summed E-state index contributed by atoms with van der Waals surface area (Å²) in [7, 11) is 0. The third-order valence-corrected chi connectivity index (χ3v) is 4.53. The predicted octanol–water partition coefficient (Wildman–Crippen LogP) is 4.12. The maximum absolute atomic E-state index is 13.0. The summed E-state index contributed by atoms with van der Waals surface area (Å²) < 4.78 is 39.0. The molecule has 2 amide bonds. The van der Waals surface area contributed by atoms with Gasteiger partial charge in [0.05, 0.1) is 17.8 Å². The van der Waals surface area contributed by atoms with Gasteiger partial charge in [-0.1, -0.05) is 42.5 Å². The zero-order valence-corrected chi connectivity index (χ0v) is 13.9. The van der Waals surface area contributed by atoms with Crippen molar-refractivity contribution in [2.75, 3.05) is 11.9 Å². The van der Waals surface area contributed by atoms with Crippen molar-refractivity contribution in [3.8, 4) is 0 Å². The predicted molar refractivity (Wildman–Crippen MR) is 91.5 cm³/mol. The molecule has 0 saturated heterocycles. The van der Waals surface area contributed by atoms with E-state index in [0.29, 0.717) is 5.56 Å². The number of halogens is 3. The van der Waals surface area contributed by atoms with Crippen molar-refractivity contribution in [1.82, 2.24) is 5.32 Å². The zero-order valence-electron chi connectivity index (χ0n) is 13.9. The standard InChI is InChI=1S/C19H19F3N2O2/c20-19(21,22)15-8-4-5-9-16(15)24-17(25)23-12-18(26,14-10-11-14)13-6-2-1-3-7-13/h1-9,14,26H,10-12H2,(H2,23,24,25). The van der Waals surface area contributed by atoms with E-state index in [9.17, 15) is 23.1 Å². The number of carbonyl (C=O) groups is 1. The molecule has 1 fully saturated rings. The smallest absolute Gasteiger partial charge is 0.383 e. The van der Waals surface area contributed by atoms with Crippen molar-refractivity contribution in [3.05, 3.63) is 65.7 Å². The quantitative estimate of drug-likeness (QED) is 0.747. The molecule has 7 heteroatoms. The van der Waals surface area contributed by atoms with Gasteiger partial charge in [-0.25, -0.2) is 4.79 Å². The van der Waals surface area contributed by atoms with Crippen LogP contribution in [0.3, 0.4) is 0 Å². The highest BCUT2D eigenvalue weighted by Gasteiger charge is 2.45. The van der Waals surface area contributed by atoms with Crippen molar-refractivity contribution in [2.45, 2.75) is 24.6 Å². The van der Waals surface area contributed by atoms with E-state index in [-0.39, 0.29) is 18.2 Å². The van der Waals surface area contributed by atoms with Gasteiger partial charge in [0, 0.05) is 0 Å². The second-order valence-corrected chi connectivity index (χ2v) is 6.42. The summed E-state index contributed by atoms with van der Waals surface area (Å²) >= 11 is 0. The minimum absolute atomic E-state index is 0.0210. The molecular weight excluding hydrogens is 345 g/mol. The Hall–Kier alpha value is -2.54. The van der Waals surface area contributed by atoms with Crippen LogP contribution in [0.4, 0.5) is 23.7 Å². The van der Waals surface area contributed by atoms with E-state index >= 15 is 0 Å². The number of benzene rings is 2. The van der Waals surface area contributed by atoms with Crippen LogP contribution < -0.4 is 10.6 Å². The van der Waals surface area contributed by atoms with Crippen molar-refractivity contribution >= 4 is 11.7 Å². The summed E-state index contributed by atoms with van der Waals surface area (Å²) in [6.07, 6.45) is -2.89. The van der Waals surface area contributed by atoms with Crippen LogP contribution in [0.25, 0.3) is 0 Å². The van der Waals surface area contributed by atoms with Gasteiger partial charge in [0.2, 0.25) is 0 Å². The normalized spacial score (nSPS) is 16.6. The average Bonchev–Trinajstić information content (AvgIpc) is 3.45. The molecule has 4 nitrogen and oxygen atoms in total. The van der Waals surface area contributed by atoms with Crippen LogP contribution in [0.1, 0.15) is 24.0 Å². The van der Waals surface area contributed by atoms with E-state index in [1.165, 1.54) is 18.2 Å². The summed E-state index contributed by atoms with van der Waals surface area (Å²) in [5.41, 5.74) is -1.80. The molecule has 1 saturated carbocycles. The molecule has 0 aromatic heterocycles. The number of carbonyl (C=O) groups excluding carboxylic acids is 1. The Labute approximate surface area is 149 Å². The number of rotatable bonds is 5. The molecule has 1 aliphatic carbocycles. The number of anilines is 1. The maximum Gasteiger partial charge on any atom is 0.418 e. The van der Waals surface area contributed by atoms with Gasteiger partial charge in [-0.15, -0.1) is 0 Å².